The highest BCUT2D eigenvalue weighted by atomic mass is 32.2. The Bertz CT molecular complexity index is 2050. The number of ether oxygens (including phenoxy) is 1. The van der Waals surface area contributed by atoms with Gasteiger partial charge in [0.1, 0.15) is 11.6 Å². The first-order valence-corrected chi connectivity index (χ1v) is 19.3. The lowest BCUT2D eigenvalue weighted by molar-refractivity contribution is 0.237. The van der Waals surface area contributed by atoms with Crippen molar-refractivity contribution in [1.29, 1.82) is 0 Å². The van der Waals surface area contributed by atoms with Crippen LogP contribution in [0.2, 0.25) is 0 Å². The Morgan fingerprint density at radius 2 is 1.69 bits per heavy atom. The summed E-state index contributed by atoms with van der Waals surface area (Å²) in [4.78, 5) is 9.10. The topological polar surface area (TPSA) is 92.0 Å². The predicted molar refractivity (Wildman–Crippen MR) is 195 cm³/mol. The quantitative estimate of drug-likeness (QED) is 0.136. The highest BCUT2D eigenvalue weighted by Crippen LogP contribution is 2.39. The van der Waals surface area contributed by atoms with E-state index < -0.39 is 21.3 Å². The molecule has 0 spiro atoms. The summed E-state index contributed by atoms with van der Waals surface area (Å²) in [6, 6.07) is 18.2. The van der Waals surface area contributed by atoms with E-state index >= 15 is 4.39 Å². The van der Waals surface area contributed by atoms with E-state index in [1.807, 2.05) is 71.2 Å². The highest BCUT2D eigenvalue weighted by Gasteiger charge is 2.29. The lowest BCUT2D eigenvalue weighted by Gasteiger charge is -2.34. The summed E-state index contributed by atoms with van der Waals surface area (Å²) < 4.78 is 55.9. The van der Waals surface area contributed by atoms with Gasteiger partial charge in [0.2, 0.25) is 15.9 Å². The summed E-state index contributed by atoms with van der Waals surface area (Å²) in [5, 5.41) is 7.08. The second-order valence-electron chi connectivity index (χ2n) is 13.9. The monoisotopic (exact) mass is 705 g/mol. The van der Waals surface area contributed by atoms with Gasteiger partial charge in [-0.3, -0.25) is 4.90 Å². The average molecular weight is 706 g/mol. The van der Waals surface area contributed by atoms with Crippen LogP contribution in [0.3, 0.4) is 0 Å². The lowest BCUT2D eigenvalue weighted by atomic mass is 9.77. The maximum Gasteiger partial charge on any atom is 0.266 e. The van der Waals surface area contributed by atoms with Crippen molar-refractivity contribution in [2.75, 3.05) is 41.6 Å². The van der Waals surface area contributed by atoms with Gasteiger partial charge >= 0.3 is 0 Å². The molecule has 9 nitrogen and oxygen atoms in total. The van der Waals surface area contributed by atoms with Crippen LogP contribution in [0.1, 0.15) is 70.0 Å². The van der Waals surface area contributed by atoms with E-state index in [0.29, 0.717) is 29.6 Å². The molecule has 2 aromatic heterocycles. The molecule has 49 heavy (non-hydrogen) atoms. The number of rotatable bonds is 11. The molecule has 0 saturated carbocycles. The van der Waals surface area contributed by atoms with Gasteiger partial charge in [-0.05, 0) is 101 Å². The van der Waals surface area contributed by atoms with E-state index in [2.05, 4.69) is 32.1 Å². The first-order chi connectivity index (χ1) is 23.2. The van der Waals surface area contributed by atoms with Gasteiger partial charge < -0.3 is 14.2 Å². The predicted octanol–water partition coefficient (Wildman–Crippen LogP) is 8.08. The molecule has 3 aromatic carbocycles. The number of aromatic nitrogens is 2. The number of benzene rings is 3. The smallest absolute Gasteiger partial charge is 0.266 e. The normalized spacial score (nSPS) is 14.7. The number of fused-ring (bicyclic) bond motifs is 1. The summed E-state index contributed by atoms with van der Waals surface area (Å²) in [6.07, 6.45) is 1.11. The molecule has 0 atom stereocenters. The van der Waals surface area contributed by atoms with Crippen LogP contribution in [-0.4, -0.2) is 62.0 Å². The Morgan fingerprint density at radius 3 is 2.37 bits per heavy atom. The fourth-order valence-electron chi connectivity index (χ4n) is 6.24. The number of hydrogen-bond donors (Lipinski definition) is 0. The molecule has 1 aliphatic heterocycles. The van der Waals surface area contributed by atoms with Crippen molar-refractivity contribution in [1.82, 2.24) is 15.0 Å². The van der Waals surface area contributed by atoms with Gasteiger partial charge in [0.15, 0.2) is 0 Å². The maximum atomic E-state index is 15.5. The number of halogens is 1. The Morgan fingerprint density at radius 1 is 0.959 bits per heavy atom. The van der Waals surface area contributed by atoms with Crippen molar-refractivity contribution in [3.63, 3.8) is 0 Å². The van der Waals surface area contributed by atoms with Crippen LogP contribution in [0.5, 0.6) is 5.75 Å². The molecule has 5 aromatic rings. The third kappa shape index (κ3) is 7.76. The van der Waals surface area contributed by atoms with Gasteiger partial charge in [0, 0.05) is 48.8 Å². The van der Waals surface area contributed by atoms with Gasteiger partial charge in [-0.25, -0.2) is 17.1 Å². The van der Waals surface area contributed by atoms with Crippen LogP contribution in [0.25, 0.3) is 10.1 Å². The molecule has 0 radical (unpaired) electrons. The summed E-state index contributed by atoms with van der Waals surface area (Å²) in [6.45, 7) is 16.0. The van der Waals surface area contributed by atoms with Crippen molar-refractivity contribution in [2.45, 2.75) is 65.5 Å². The number of hydrogen-bond acceptors (Lipinski definition) is 9. The first-order valence-electron chi connectivity index (χ1n) is 16.6. The Labute approximate surface area is 292 Å². The summed E-state index contributed by atoms with van der Waals surface area (Å²) in [7, 11) is -3.81. The standard InChI is InChI=1S/C37H44FN5O4S2/c1-24(2)35-39-36(40-47-35)42-13-11-41(12-14-42)23-26-16-28(21-33(17-26)46-25(3)4)37(5,6)29-19-30(38)22-32(20-29)43(49(7,44)45)31-8-9-34-27(18-31)10-15-48-34/h8-10,15-22,24-25H,11-14,23H2,1-7H3. The largest absolute Gasteiger partial charge is 0.491 e. The zero-order valence-corrected chi connectivity index (χ0v) is 30.7. The molecule has 1 saturated heterocycles. The Hall–Kier alpha value is -4.00. The minimum absolute atomic E-state index is 0.0369. The number of nitrogens with zero attached hydrogens (tertiary/aromatic N) is 5. The van der Waals surface area contributed by atoms with Gasteiger partial charge in [0.25, 0.3) is 5.95 Å². The Kier molecular flexibility index (Phi) is 9.76. The van der Waals surface area contributed by atoms with E-state index in [1.165, 1.54) is 16.4 Å². The molecule has 6 rings (SSSR count). The van der Waals surface area contributed by atoms with Crippen LogP contribution < -0.4 is 13.9 Å². The first kappa shape index (κ1) is 34.8. The van der Waals surface area contributed by atoms with Gasteiger partial charge in [0.05, 0.1) is 23.7 Å². The third-order valence-electron chi connectivity index (χ3n) is 8.89. The summed E-state index contributed by atoms with van der Waals surface area (Å²) in [5.74, 6) is 1.68. The van der Waals surface area contributed by atoms with Gasteiger partial charge in [-0.15, -0.1) is 11.3 Å². The highest BCUT2D eigenvalue weighted by molar-refractivity contribution is 7.92. The zero-order chi connectivity index (χ0) is 35.1. The van der Waals surface area contributed by atoms with E-state index in [9.17, 15) is 8.42 Å². The van der Waals surface area contributed by atoms with Crippen molar-refractivity contribution in [3.8, 4) is 5.75 Å². The molecule has 1 aliphatic rings. The molecule has 0 N–H and O–H groups in total. The van der Waals surface area contributed by atoms with Gasteiger partial charge in [-0.1, -0.05) is 33.8 Å². The molecular weight excluding hydrogens is 662 g/mol. The van der Waals surface area contributed by atoms with E-state index in [0.717, 1.165) is 59.4 Å². The second kappa shape index (κ2) is 13.7. The molecule has 0 aliphatic carbocycles. The molecule has 0 amide bonds. The molecule has 1 fully saturated rings. The van der Waals surface area contributed by atoms with E-state index in [-0.39, 0.29) is 17.7 Å². The number of sulfonamides is 1. The molecule has 260 valence electrons. The Balaban J connectivity index is 1.29. The number of thiophene rings is 1. The van der Waals surface area contributed by atoms with Crippen LogP contribution in [0.4, 0.5) is 21.7 Å². The van der Waals surface area contributed by atoms with E-state index in [4.69, 9.17) is 9.26 Å². The molecule has 0 unspecified atom stereocenters. The number of anilines is 3. The molecule has 3 heterocycles. The van der Waals surface area contributed by atoms with Crippen LogP contribution in [-0.2, 0) is 22.0 Å². The van der Waals surface area contributed by atoms with Gasteiger partial charge in [-0.2, -0.15) is 4.98 Å². The minimum atomic E-state index is -3.81. The van der Waals surface area contributed by atoms with Crippen LogP contribution in [0, 0.1) is 5.82 Å². The number of piperazine rings is 1. The molecular formula is C37H44FN5O4S2. The third-order valence-corrected chi connectivity index (χ3v) is 10.9. The summed E-state index contributed by atoms with van der Waals surface area (Å²) in [5.41, 5.74) is 2.67. The average Bonchev–Trinajstić information content (AvgIpc) is 3.71. The van der Waals surface area contributed by atoms with Crippen molar-refractivity contribution in [3.05, 3.63) is 94.4 Å². The zero-order valence-electron chi connectivity index (χ0n) is 29.1. The SMILES string of the molecule is CC(C)Oc1cc(CN2CCN(c3noc(C(C)C)n3)CC2)cc(C(C)(C)c2cc(F)cc(N(c3ccc4sccc4c3)S(C)(=O)=O)c2)c1. The summed E-state index contributed by atoms with van der Waals surface area (Å²) >= 11 is 1.58. The molecule has 12 heteroatoms. The van der Waals surface area contributed by atoms with Crippen molar-refractivity contribution in [2.24, 2.45) is 0 Å². The van der Waals surface area contributed by atoms with Crippen LogP contribution in [0.15, 0.2) is 70.6 Å². The maximum absolute atomic E-state index is 15.5. The van der Waals surface area contributed by atoms with E-state index in [1.54, 1.807) is 23.5 Å². The van der Waals surface area contributed by atoms with Crippen molar-refractivity contribution < 1.29 is 22.1 Å². The fraction of sp³-hybridized carbons (Fsp3) is 0.405. The fourth-order valence-corrected chi connectivity index (χ4v) is 7.99. The van der Waals surface area contributed by atoms with Crippen LogP contribution >= 0.6 is 11.3 Å². The second-order valence-corrected chi connectivity index (χ2v) is 16.7. The van der Waals surface area contributed by atoms with Crippen molar-refractivity contribution >= 4 is 48.8 Å². The minimum Gasteiger partial charge on any atom is -0.491 e. The lowest BCUT2D eigenvalue weighted by Crippen LogP contribution is -2.46. The molecule has 0 bridgehead atoms.